The normalized spacial score (nSPS) is 11.5. The molecule has 0 aliphatic rings. The van der Waals surface area contributed by atoms with Crippen LogP contribution in [0.15, 0.2) is 42.5 Å². The molecule has 1 atom stereocenters. The maximum absolute atomic E-state index is 12.9. The van der Waals surface area contributed by atoms with Crippen LogP contribution in [0.4, 0.5) is 0 Å². The number of methoxy groups -OCH3 is 3. The first kappa shape index (κ1) is 18.6. The van der Waals surface area contributed by atoms with Gasteiger partial charge in [-0.15, -0.1) is 0 Å². The molecular weight excluding hydrogens is 318 g/mol. The van der Waals surface area contributed by atoms with Gasteiger partial charge in [0, 0.05) is 12.1 Å². The minimum absolute atomic E-state index is 0.0588. The third-order valence-electron chi connectivity index (χ3n) is 4.03. The molecule has 25 heavy (non-hydrogen) atoms. The smallest absolute Gasteiger partial charge is 0.255 e. The van der Waals surface area contributed by atoms with Gasteiger partial charge in [-0.05, 0) is 12.0 Å². The van der Waals surface area contributed by atoms with Gasteiger partial charge in [0.05, 0.1) is 32.9 Å². The number of carbonyl (C=O) groups is 1. The van der Waals surface area contributed by atoms with Crippen LogP contribution < -0.4 is 19.5 Å². The summed E-state index contributed by atoms with van der Waals surface area (Å²) >= 11 is 0. The third kappa shape index (κ3) is 4.44. The number of rotatable bonds is 8. The molecule has 1 N–H and O–H groups in total. The topological polar surface area (TPSA) is 56.8 Å². The van der Waals surface area contributed by atoms with E-state index in [1.165, 1.54) is 14.2 Å². The van der Waals surface area contributed by atoms with Crippen LogP contribution in [0, 0.1) is 0 Å². The fourth-order valence-corrected chi connectivity index (χ4v) is 2.74. The summed E-state index contributed by atoms with van der Waals surface area (Å²) < 4.78 is 15.9. The molecule has 0 saturated heterocycles. The Balaban J connectivity index is 2.32. The van der Waals surface area contributed by atoms with Gasteiger partial charge in [-0.25, -0.2) is 0 Å². The average molecular weight is 343 g/mol. The van der Waals surface area contributed by atoms with Gasteiger partial charge in [-0.2, -0.15) is 0 Å². The zero-order chi connectivity index (χ0) is 18.2. The molecule has 2 aromatic rings. The highest BCUT2D eigenvalue weighted by Gasteiger charge is 2.21. The molecule has 134 valence electrons. The van der Waals surface area contributed by atoms with Crippen molar-refractivity contribution in [3.63, 3.8) is 0 Å². The first-order valence-corrected chi connectivity index (χ1v) is 8.30. The summed E-state index contributed by atoms with van der Waals surface area (Å²) in [5.41, 5.74) is 1.49. The van der Waals surface area contributed by atoms with Crippen molar-refractivity contribution in [2.24, 2.45) is 0 Å². The number of nitrogens with one attached hydrogen (secondary N) is 1. The highest BCUT2D eigenvalue weighted by Crippen LogP contribution is 2.35. The van der Waals surface area contributed by atoms with E-state index < -0.39 is 0 Å². The molecule has 5 nitrogen and oxygen atoms in total. The Hall–Kier alpha value is -2.69. The number of carbonyl (C=O) groups excluding carboxylic acids is 1. The van der Waals surface area contributed by atoms with Gasteiger partial charge in [-0.1, -0.05) is 43.7 Å². The second-order valence-electron chi connectivity index (χ2n) is 5.63. The molecule has 0 fully saturated rings. The lowest BCUT2D eigenvalue weighted by Gasteiger charge is -2.20. The molecule has 2 rings (SSSR count). The summed E-state index contributed by atoms with van der Waals surface area (Å²) in [4.78, 5) is 12.9. The minimum atomic E-state index is -0.208. The predicted molar refractivity (Wildman–Crippen MR) is 97.7 cm³/mol. The summed E-state index contributed by atoms with van der Waals surface area (Å²) in [5, 5.41) is 3.10. The Bertz CT molecular complexity index is 700. The molecule has 1 unspecified atom stereocenters. The molecule has 0 aromatic heterocycles. The molecular formula is C20H25NO4. The first-order valence-electron chi connectivity index (χ1n) is 8.30. The number of ether oxygens (including phenoxy) is 3. The summed E-state index contributed by atoms with van der Waals surface area (Å²) in [6.07, 6.45) is 1.81. The highest BCUT2D eigenvalue weighted by atomic mass is 16.5. The van der Waals surface area contributed by atoms with Gasteiger partial charge < -0.3 is 19.5 Å². The quantitative estimate of drug-likeness (QED) is 0.787. The van der Waals surface area contributed by atoms with Crippen molar-refractivity contribution in [3.05, 3.63) is 53.6 Å². The van der Waals surface area contributed by atoms with Gasteiger partial charge in [0.25, 0.3) is 5.91 Å². The number of amides is 1. The van der Waals surface area contributed by atoms with E-state index in [4.69, 9.17) is 14.2 Å². The minimum Gasteiger partial charge on any atom is -0.496 e. The SMILES string of the molecule is CCCC(NC(=O)c1cc(OC)c(OC)cc1OC)c1ccccc1. The average Bonchev–Trinajstić information content (AvgIpc) is 2.67. The fraction of sp³-hybridized carbons (Fsp3) is 0.350. The summed E-state index contributed by atoms with van der Waals surface area (Å²) in [7, 11) is 4.61. The molecule has 0 aliphatic heterocycles. The maximum atomic E-state index is 12.9. The standard InChI is InChI=1S/C20H25NO4/c1-5-9-16(14-10-7-6-8-11-14)21-20(22)15-12-18(24-3)19(25-4)13-17(15)23-2/h6-8,10-13,16H,5,9H2,1-4H3,(H,21,22). The van der Waals surface area contributed by atoms with E-state index in [1.807, 2.05) is 30.3 Å². The molecule has 0 bridgehead atoms. The fourth-order valence-electron chi connectivity index (χ4n) is 2.74. The van der Waals surface area contributed by atoms with Crippen molar-refractivity contribution in [1.29, 1.82) is 0 Å². The maximum Gasteiger partial charge on any atom is 0.255 e. The lowest BCUT2D eigenvalue weighted by atomic mass is 10.0. The molecule has 5 heteroatoms. The van der Waals surface area contributed by atoms with Crippen LogP contribution in [0.3, 0.4) is 0 Å². The molecule has 0 aliphatic carbocycles. The monoisotopic (exact) mass is 343 g/mol. The lowest BCUT2D eigenvalue weighted by molar-refractivity contribution is 0.0931. The number of hydrogen-bond donors (Lipinski definition) is 1. The Labute approximate surface area is 148 Å². The largest absolute Gasteiger partial charge is 0.496 e. The van der Waals surface area contributed by atoms with Crippen molar-refractivity contribution < 1.29 is 19.0 Å². The van der Waals surface area contributed by atoms with E-state index in [-0.39, 0.29) is 11.9 Å². The highest BCUT2D eigenvalue weighted by molar-refractivity contribution is 5.98. The van der Waals surface area contributed by atoms with Gasteiger partial charge >= 0.3 is 0 Å². The van der Waals surface area contributed by atoms with E-state index >= 15 is 0 Å². The van der Waals surface area contributed by atoms with Gasteiger partial charge in [0.1, 0.15) is 5.75 Å². The lowest BCUT2D eigenvalue weighted by Crippen LogP contribution is -2.29. The van der Waals surface area contributed by atoms with Crippen LogP contribution in [0.2, 0.25) is 0 Å². The summed E-state index contributed by atoms with van der Waals surface area (Å²) in [6.45, 7) is 2.10. The van der Waals surface area contributed by atoms with Crippen molar-refractivity contribution >= 4 is 5.91 Å². The van der Waals surface area contributed by atoms with Crippen LogP contribution in [-0.2, 0) is 0 Å². The first-order chi connectivity index (χ1) is 12.1. The van der Waals surface area contributed by atoms with Crippen molar-refractivity contribution in [1.82, 2.24) is 5.32 Å². The van der Waals surface area contributed by atoms with E-state index in [1.54, 1.807) is 19.2 Å². The predicted octanol–water partition coefficient (Wildman–Crippen LogP) is 3.98. The Morgan fingerprint density at radius 1 is 0.960 bits per heavy atom. The Morgan fingerprint density at radius 3 is 2.12 bits per heavy atom. The van der Waals surface area contributed by atoms with Crippen LogP contribution in [0.1, 0.15) is 41.7 Å². The zero-order valence-electron chi connectivity index (χ0n) is 15.2. The van der Waals surface area contributed by atoms with E-state index in [2.05, 4.69) is 12.2 Å². The number of benzene rings is 2. The third-order valence-corrected chi connectivity index (χ3v) is 4.03. The van der Waals surface area contributed by atoms with Gasteiger partial charge in [0.2, 0.25) is 0 Å². The van der Waals surface area contributed by atoms with Crippen LogP contribution in [-0.4, -0.2) is 27.2 Å². The van der Waals surface area contributed by atoms with Crippen molar-refractivity contribution in [3.8, 4) is 17.2 Å². The summed E-state index contributed by atoms with van der Waals surface area (Å²) in [6, 6.07) is 13.2. The van der Waals surface area contributed by atoms with E-state index in [9.17, 15) is 4.79 Å². The number of hydrogen-bond acceptors (Lipinski definition) is 4. The molecule has 0 heterocycles. The van der Waals surface area contributed by atoms with Crippen LogP contribution in [0.5, 0.6) is 17.2 Å². The Kier molecular flexibility index (Phi) is 6.69. The van der Waals surface area contributed by atoms with Crippen LogP contribution in [0.25, 0.3) is 0 Å². The molecule has 0 saturated carbocycles. The second kappa shape index (κ2) is 8.97. The molecule has 2 aromatic carbocycles. The van der Waals surface area contributed by atoms with E-state index in [0.717, 1.165) is 18.4 Å². The summed E-state index contributed by atoms with van der Waals surface area (Å²) in [5.74, 6) is 1.24. The molecule has 0 spiro atoms. The molecule has 1 amide bonds. The second-order valence-corrected chi connectivity index (χ2v) is 5.63. The van der Waals surface area contributed by atoms with Gasteiger partial charge in [-0.3, -0.25) is 4.79 Å². The zero-order valence-corrected chi connectivity index (χ0v) is 15.2. The van der Waals surface area contributed by atoms with Gasteiger partial charge in [0.15, 0.2) is 11.5 Å². The molecule has 0 radical (unpaired) electrons. The Morgan fingerprint density at radius 2 is 1.56 bits per heavy atom. The van der Waals surface area contributed by atoms with Crippen LogP contribution >= 0.6 is 0 Å². The van der Waals surface area contributed by atoms with E-state index in [0.29, 0.717) is 22.8 Å². The van der Waals surface area contributed by atoms with Crippen molar-refractivity contribution in [2.75, 3.05) is 21.3 Å². The van der Waals surface area contributed by atoms with Crippen molar-refractivity contribution in [2.45, 2.75) is 25.8 Å².